The Kier molecular flexibility index (Phi) is 5.43. The van der Waals surface area contributed by atoms with Gasteiger partial charge in [0.05, 0.1) is 3.79 Å². The molecule has 0 amide bonds. The van der Waals surface area contributed by atoms with E-state index in [-0.39, 0.29) is 0 Å². The van der Waals surface area contributed by atoms with Gasteiger partial charge in [0.15, 0.2) is 0 Å². The Morgan fingerprint density at radius 3 is 2.61 bits per heavy atom. The predicted molar refractivity (Wildman–Crippen MR) is 81.1 cm³/mol. The van der Waals surface area contributed by atoms with E-state index in [1.54, 1.807) is 11.3 Å². The number of halogens is 1. The molecular weight excluding hydrogens is 308 g/mol. The van der Waals surface area contributed by atoms with Crippen molar-refractivity contribution in [2.45, 2.75) is 51.9 Å². The lowest BCUT2D eigenvalue weighted by atomic mass is 9.78. The molecule has 18 heavy (non-hydrogen) atoms. The molecule has 0 unspecified atom stereocenters. The molecule has 100 valence electrons. The van der Waals surface area contributed by atoms with Crippen LogP contribution in [0, 0.1) is 11.8 Å². The molecule has 0 bridgehead atoms. The van der Waals surface area contributed by atoms with Crippen LogP contribution in [0.2, 0.25) is 0 Å². The minimum atomic E-state index is 0.332. The molecule has 1 aromatic heterocycles. The minimum Gasteiger partial charge on any atom is -0.299 e. The first-order valence-corrected chi connectivity index (χ1v) is 8.57. The smallest absolute Gasteiger partial charge is 0.141 e. The summed E-state index contributed by atoms with van der Waals surface area (Å²) in [4.78, 5) is 13.4. The average molecular weight is 329 g/mol. The first-order chi connectivity index (χ1) is 8.69. The second-order valence-electron chi connectivity index (χ2n) is 5.36. The summed E-state index contributed by atoms with van der Waals surface area (Å²) in [5, 5.41) is 0. The third kappa shape index (κ3) is 3.92. The number of carbonyl (C=O) groups excluding carboxylic acids is 1. The van der Waals surface area contributed by atoms with Gasteiger partial charge in [-0.25, -0.2) is 0 Å². The van der Waals surface area contributed by atoms with E-state index < -0.39 is 0 Å². The lowest BCUT2D eigenvalue weighted by Crippen LogP contribution is -2.23. The van der Waals surface area contributed by atoms with Crippen LogP contribution in [0.25, 0.3) is 0 Å². The van der Waals surface area contributed by atoms with Crippen LogP contribution in [-0.4, -0.2) is 5.78 Å². The van der Waals surface area contributed by atoms with Gasteiger partial charge >= 0.3 is 0 Å². The molecule has 2 rings (SSSR count). The van der Waals surface area contributed by atoms with Crippen LogP contribution in [0.3, 0.4) is 0 Å². The Balaban J connectivity index is 1.80. The van der Waals surface area contributed by atoms with Gasteiger partial charge in [-0.1, -0.05) is 19.8 Å². The maximum absolute atomic E-state index is 12.2. The number of Topliss-reactive ketones (excluding diaryl/α,β-unsaturated/α-hetero) is 1. The van der Waals surface area contributed by atoms with Gasteiger partial charge in [-0.15, -0.1) is 11.3 Å². The van der Waals surface area contributed by atoms with Gasteiger partial charge in [0, 0.05) is 17.2 Å². The number of thiophene rings is 1. The van der Waals surface area contributed by atoms with E-state index >= 15 is 0 Å². The summed E-state index contributed by atoms with van der Waals surface area (Å²) in [5.41, 5.74) is 0. The van der Waals surface area contributed by atoms with E-state index in [2.05, 4.69) is 28.9 Å². The lowest BCUT2D eigenvalue weighted by molar-refractivity contribution is -0.123. The van der Waals surface area contributed by atoms with Crippen molar-refractivity contribution in [1.29, 1.82) is 0 Å². The summed E-state index contributed by atoms with van der Waals surface area (Å²) in [6, 6.07) is 4.10. The van der Waals surface area contributed by atoms with E-state index in [4.69, 9.17) is 0 Å². The lowest BCUT2D eigenvalue weighted by Gasteiger charge is -2.27. The van der Waals surface area contributed by atoms with Crippen LogP contribution in [0.15, 0.2) is 15.9 Å². The Bertz CT molecular complexity index is 391. The molecule has 1 nitrogen and oxygen atoms in total. The zero-order valence-electron chi connectivity index (χ0n) is 11.0. The van der Waals surface area contributed by atoms with Gasteiger partial charge in [-0.2, -0.15) is 0 Å². The van der Waals surface area contributed by atoms with Gasteiger partial charge in [-0.05, 0) is 59.7 Å². The average Bonchev–Trinajstić information content (AvgIpc) is 2.76. The molecule has 0 aromatic carbocycles. The number of hydrogen-bond donors (Lipinski definition) is 0. The number of ketones is 1. The third-order valence-electron chi connectivity index (χ3n) is 3.98. The highest BCUT2D eigenvalue weighted by Crippen LogP contribution is 2.33. The molecule has 0 radical (unpaired) electrons. The number of carbonyl (C=O) groups is 1. The zero-order valence-corrected chi connectivity index (χ0v) is 13.4. The normalized spacial score (nSPS) is 24.1. The highest BCUT2D eigenvalue weighted by atomic mass is 79.9. The van der Waals surface area contributed by atoms with Gasteiger partial charge in [-0.3, -0.25) is 4.79 Å². The quantitative estimate of drug-likeness (QED) is 0.723. The first kappa shape index (κ1) is 14.3. The van der Waals surface area contributed by atoms with E-state index in [1.807, 2.05) is 6.07 Å². The van der Waals surface area contributed by atoms with E-state index in [9.17, 15) is 4.79 Å². The fraction of sp³-hybridized carbons (Fsp3) is 0.667. The van der Waals surface area contributed by atoms with Gasteiger partial charge in [0.1, 0.15) is 5.78 Å². The standard InChI is InChI=1S/C15H21BrOS/c1-2-3-11-4-6-12(7-5-11)14(17)10-13-8-9-15(16)18-13/h8-9,11-12H,2-7,10H2,1H3. The fourth-order valence-electron chi connectivity index (χ4n) is 2.94. The van der Waals surface area contributed by atoms with Crippen LogP contribution >= 0.6 is 27.3 Å². The summed E-state index contributed by atoms with van der Waals surface area (Å²) in [6.07, 6.45) is 8.04. The maximum atomic E-state index is 12.2. The largest absolute Gasteiger partial charge is 0.299 e. The monoisotopic (exact) mass is 328 g/mol. The van der Waals surface area contributed by atoms with Crippen molar-refractivity contribution < 1.29 is 4.79 Å². The highest BCUT2D eigenvalue weighted by molar-refractivity contribution is 9.11. The van der Waals surface area contributed by atoms with Crippen LogP contribution in [0.4, 0.5) is 0 Å². The Morgan fingerprint density at radius 2 is 2.06 bits per heavy atom. The van der Waals surface area contributed by atoms with Crippen LogP contribution < -0.4 is 0 Å². The van der Waals surface area contributed by atoms with Gasteiger partial charge < -0.3 is 0 Å². The molecule has 0 aliphatic heterocycles. The molecule has 1 aliphatic rings. The van der Waals surface area contributed by atoms with Crippen molar-refractivity contribution in [3.05, 3.63) is 20.8 Å². The molecule has 0 atom stereocenters. The molecule has 1 heterocycles. The Hall–Kier alpha value is -0.150. The van der Waals surface area contributed by atoms with Crippen molar-refractivity contribution in [2.24, 2.45) is 11.8 Å². The molecule has 0 N–H and O–H groups in total. The molecular formula is C15H21BrOS. The van der Waals surface area contributed by atoms with Crippen molar-refractivity contribution in [3.8, 4) is 0 Å². The Labute approximate surface area is 122 Å². The van der Waals surface area contributed by atoms with Crippen molar-refractivity contribution in [1.82, 2.24) is 0 Å². The maximum Gasteiger partial charge on any atom is 0.141 e. The van der Waals surface area contributed by atoms with Crippen molar-refractivity contribution in [3.63, 3.8) is 0 Å². The zero-order chi connectivity index (χ0) is 13.0. The van der Waals surface area contributed by atoms with E-state index in [0.29, 0.717) is 18.1 Å². The summed E-state index contributed by atoms with van der Waals surface area (Å²) in [7, 11) is 0. The highest BCUT2D eigenvalue weighted by Gasteiger charge is 2.25. The minimum absolute atomic E-state index is 0.332. The van der Waals surface area contributed by atoms with E-state index in [1.165, 1.54) is 30.6 Å². The van der Waals surface area contributed by atoms with Crippen LogP contribution in [0.5, 0.6) is 0 Å². The predicted octanol–water partition coefficient (Wildman–Crippen LogP) is 5.23. The fourth-order valence-corrected chi connectivity index (χ4v) is 4.44. The molecule has 3 heteroatoms. The molecule has 0 spiro atoms. The third-order valence-corrected chi connectivity index (χ3v) is 5.60. The summed E-state index contributed by atoms with van der Waals surface area (Å²) < 4.78 is 1.12. The number of hydrogen-bond acceptors (Lipinski definition) is 2. The summed E-state index contributed by atoms with van der Waals surface area (Å²) in [5.74, 6) is 1.67. The molecule has 1 fully saturated rings. The van der Waals surface area contributed by atoms with Crippen molar-refractivity contribution >= 4 is 33.0 Å². The van der Waals surface area contributed by atoms with Crippen LogP contribution in [0.1, 0.15) is 50.3 Å². The van der Waals surface area contributed by atoms with Gasteiger partial charge in [0.2, 0.25) is 0 Å². The Morgan fingerprint density at radius 1 is 1.33 bits per heavy atom. The van der Waals surface area contributed by atoms with E-state index in [0.717, 1.165) is 22.5 Å². The van der Waals surface area contributed by atoms with Gasteiger partial charge in [0.25, 0.3) is 0 Å². The molecule has 1 saturated carbocycles. The second kappa shape index (κ2) is 6.85. The second-order valence-corrected chi connectivity index (χ2v) is 7.90. The van der Waals surface area contributed by atoms with Crippen molar-refractivity contribution in [2.75, 3.05) is 0 Å². The number of rotatable bonds is 5. The summed E-state index contributed by atoms with van der Waals surface area (Å²) >= 11 is 5.13. The molecule has 1 aliphatic carbocycles. The first-order valence-electron chi connectivity index (χ1n) is 6.96. The van der Waals surface area contributed by atoms with Crippen LogP contribution in [-0.2, 0) is 11.2 Å². The summed E-state index contributed by atoms with van der Waals surface area (Å²) in [6.45, 7) is 2.26. The topological polar surface area (TPSA) is 17.1 Å². The SMILES string of the molecule is CCCC1CCC(C(=O)Cc2ccc(Br)s2)CC1. The molecule has 0 saturated heterocycles. The molecule has 1 aromatic rings.